The lowest BCUT2D eigenvalue weighted by Crippen LogP contribution is -2.29. The van der Waals surface area contributed by atoms with Crippen molar-refractivity contribution in [2.24, 2.45) is 0 Å². The number of para-hydroxylation sites is 1. The minimum Gasteiger partial charge on any atom is -0.493 e. The lowest BCUT2D eigenvalue weighted by molar-refractivity contribution is -0.148. The van der Waals surface area contributed by atoms with E-state index in [1.54, 1.807) is 24.3 Å². The van der Waals surface area contributed by atoms with Crippen LogP contribution in [0.1, 0.15) is 12.5 Å². The average Bonchev–Trinajstić information content (AvgIpc) is 2.67. The van der Waals surface area contributed by atoms with Gasteiger partial charge in [0.25, 0.3) is 5.91 Å². The minimum absolute atomic E-state index is 0.0197. The highest BCUT2D eigenvalue weighted by Crippen LogP contribution is 2.27. The van der Waals surface area contributed by atoms with E-state index in [-0.39, 0.29) is 5.69 Å². The highest BCUT2D eigenvalue weighted by molar-refractivity contribution is 5.96. The quantitative estimate of drug-likeness (QED) is 0.595. The molecule has 0 unspecified atom stereocenters. The van der Waals surface area contributed by atoms with Crippen molar-refractivity contribution in [3.05, 3.63) is 59.9 Å². The molecule has 7 heteroatoms. The summed E-state index contributed by atoms with van der Waals surface area (Å²) in [5, 5.41) is 2.37. The number of carbonyl (C=O) groups is 2. The summed E-state index contributed by atoms with van der Waals surface area (Å²) < 4.78 is 28.9. The van der Waals surface area contributed by atoms with Crippen molar-refractivity contribution in [1.82, 2.24) is 0 Å². The largest absolute Gasteiger partial charge is 0.493 e. The molecule has 0 bridgehead atoms. The van der Waals surface area contributed by atoms with Crippen LogP contribution in [0.4, 0.5) is 10.1 Å². The number of methoxy groups -OCH3 is 2. The number of anilines is 1. The smallest absolute Gasteiger partial charge is 0.331 e. The average molecular weight is 373 g/mol. The van der Waals surface area contributed by atoms with Crippen LogP contribution < -0.4 is 14.8 Å². The Morgan fingerprint density at radius 1 is 1.07 bits per heavy atom. The molecule has 2 aromatic rings. The van der Waals surface area contributed by atoms with Crippen molar-refractivity contribution in [3.8, 4) is 11.5 Å². The maximum Gasteiger partial charge on any atom is 0.331 e. The third-order valence-electron chi connectivity index (χ3n) is 3.61. The molecule has 0 aromatic heterocycles. The zero-order chi connectivity index (χ0) is 19.8. The molecule has 0 aliphatic heterocycles. The number of hydrogen-bond acceptors (Lipinski definition) is 5. The molecule has 2 rings (SSSR count). The minimum atomic E-state index is -1.09. The van der Waals surface area contributed by atoms with Gasteiger partial charge >= 0.3 is 5.97 Å². The Morgan fingerprint density at radius 2 is 1.78 bits per heavy atom. The normalized spacial score (nSPS) is 11.7. The van der Waals surface area contributed by atoms with Gasteiger partial charge in [-0.2, -0.15) is 0 Å². The highest BCUT2D eigenvalue weighted by atomic mass is 19.1. The first-order valence-electron chi connectivity index (χ1n) is 8.10. The van der Waals surface area contributed by atoms with Gasteiger partial charge in [-0.05, 0) is 42.8 Å². The Kier molecular flexibility index (Phi) is 6.93. The summed E-state index contributed by atoms with van der Waals surface area (Å²) in [6, 6.07) is 10.9. The Hall–Kier alpha value is -3.35. The topological polar surface area (TPSA) is 73.9 Å². The molecular weight excluding hydrogens is 353 g/mol. The molecule has 1 amide bonds. The first kappa shape index (κ1) is 20.0. The Bertz CT molecular complexity index is 850. The predicted molar refractivity (Wildman–Crippen MR) is 99.2 cm³/mol. The standard InChI is InChI=1S/C20H20FNO5/c1-13(20(24)22-16-7-5-4-6-15(16)21)27-19(23)11-9-14-8-10-17(25-2)18(12-14)26-3/h4-13H,1-3H3,(H,22,24)/b11-9+/t13-/m0/s1. The van der Waals surface area contributed by atoms with Gasteiger partial charge in [0.1, 0.15) is 5.82 Å². The number of esters is 1. The third-order valence-corrected chi connectivity index (χ3v) is 3.61. The van der Waals surface area contributed by atoms with Gasteiger partial charge in [-0.3, -0.25) is 4.79 Å². The zero-order valence-corrected chi connectivity index (χ0v) is 15.2. The number of carbonyl (C=O) groups excluding carboxylic acids is 2. The molecule has 0 fully saturated rings. The van der Waals surface area contributed by atoms with Crippen LogP contribution in [0.3, 0.4) is 0 Å². The van der Waals surface area contributed by atoms with Crippen molar-refractivity contribution >= 4 is 23.6 Å². The lowest BCUT2D eigenvalue weighted by Gasteiger charge is -2.12. The molecule has 0 spiro atoms. The second-order valence-electron chi connectivity index (χ2n) is 5.50. The monoisotopic (exact) mass is 373 g/mol. The summed E-state index contributed by atoms with van der Waals surface area (Å²) in [6.07, 6.45) is 1.62. The molecular formula is C20H20FNO5. The molecule has 6 nitrogen and oxygen atoms in total. The summed E-state index contributed by atoms with van der Waals surface area (Å²) in [5.74, 6) is -0.826. The van der Waals surface area contributed by atoms with Gasteiger partial charge in [0, 0.05) is 6.08 Å². The van der Waals surface area contributed by atoms with Crippen molar-refractivity contribution < 1.29 is 28.2 Å². The molecule has 1 N–H and O–H groups in total. The van der Waals surface area contributed by atoms with Crippen LogP contribution >= 0.6 is 0 Å². The van der Waals surface area contributed by atoms with Crippen LogP contribution in [-0.4, -0.2) is 32.2 Å². The molecule has 0 heterocycles. The maximum atomic E-state index is 13.5. The molecule has 142 valence electrons. The number of benzene rings is 2. The molecule has 1 atom stereocenters. The number of amides is 1. The van der Waals surface area contributed by atoms with Gasteiger partial charge in [-0.1, -0.05) is 18.2 Å². The molecule has 0 aliphatic rings. The SMILES string of the molecule is COc1ccc(/C=C/C(=O)O[C@@H](C)C(=O)Nc2ccccc2F)cc1OC. The van der Waals surface area contributed by atoms with Gasteiger partial charge in [0.15, 0.2) is 17.6 Å². The van der Waals surface area contributed by atoms with Crippen molar-refractivity contribution in [3.63, 3.8) is 0 Å². The van der Waals surface area contributed by atoms with E-state index < -0.39 is 23.8 Å². The summed E-state index contributed by atoms with van der Waals surface area (Å²) >= 11 is 0. The summed E-state index contributed by atoms with van der Waals surface area (Å²) in [4.78, 5) is 23.9. The van der Waals surface area contributed by atoms with E-state index >= 15 is 0 Å². The van der Waals surface area contributed by atoms with E-state index in [0.29, 0.717) is 17.1 Å². The van der Waals surface area contributed by atoms with Crippen molar-refractivity contribution in [2.45, 2.75) is 13.0 Å². The molecule has 0 saturated carbocycles. The first-order valence-corrected chi connectivity index (χ1v) is 8.10. The van der Waals surface area contributed by atoms with Gasteiger partial charge in [-0.25, -0.2) is 9.18 Å². The number of nitrogens with one attached hydrogen (secondary N) is 1. The Balaban J connectivity index is 1.95. The summed E-state index contributed by atoms with van der Waals surface area (Å²) in [5.41, 5.74) is 0.708. The van der Waals surface area contributed by atoms with Crippen LogP contribution in [0, 0.1) is 5.82 Å². The van der Waals surface area contributed by atoms with Gasteiger partial charge < -0.3 is 19.5 Å². The van der Waals surface area contributed by atoms with Crippen LogP contribution in [0.2, 0.25) is 0 Å². The summed E-state index contributed by atoms with van der Waals surface area (Å²) in [6.45, 7) is 1.40. The number of halogens is 1. The second-order valence-corrected chi connectivity index (χ2v) is 5.50. The summed E-state index contributed by atoms with van der Waals surface area (Å²) in [7, 11) is 3.04. The van der Waals surface area contributed by atoms with Crippen LogP contribution in [0.5, 0.6) is 11.5 Å². The highest BCUT2D eigenvalue weighted by Gasteiger charge is 2.17. The van der Waals surface area contributed by atoms with Crippen molar-refractivity contribution in [1.29, 1.82) is 0 Å². The van der Waals surface area contributed by atoms with E-state index in [4.69, 9.17) is 14.2 Å². The second kappa shape index (κ2) is 9.38. The maximum absolute atomic E-state index is 13.5. The van der Waals surface area contributed by atoms with Gasteiger partial charge in [0.05, 0.1) is 19.9 Å². The fourth-order valence-corrected chi connectivity index (χ4v) is 2.18. The van der Waals surface area contributed by atoms with E-state index in [2.05, 4.69) is 5.32 Å². The Morgan fingerprint density at radius 3 is 2.44 bits per heavy atom. The first-order chi connectivity index (χ1) is 12.9. The number of ether oxygens (including phenoxy) is 3. The Labute approximate surface area is 156 Å². The fourth-order valence-electron chi connectivity index (χ4n) is 2.18. The van der Waals surface area contributed by atoms with E-state index in [1.165, 1.54) is 51.5 Å². The lowest BCUT2D eigenvalue weighted by atomic mass is 10.2. The molecule has 0 radical (unpaired) electrons. The van der Waals surface area contributed by atoms with Gasteiger partial charge in [-0.15, -0.1) is 0 Å². The number of hydrogen-bond donors (Lipinski definition) is 1. The molecule has 0 saturated heterocycles. The third kappa shape index (κ3) is 5.57. The molecule has 27 heavy (non-hydrogen) atoms. The van der Waals surface area contributed by atoms with E-state index in [1.807, 2.05) is 0 Å². The van der Waals surface area contributed by atoms with Crippen LogP contribution in [0.15, 0.2) is 48.5 Å². The molecule has 2 aromatic carbocycles. The fraction of sp³-hybridized carbons (Fsp3) is 0.200. The van der Waals surface area contributed by atoms with Crippen molar-refractivity contribution in [2.75, 3.05) is 19.5 Å². The van der Waals surface area contributed by atoms with Crippen LogP contribution in [0.25, 0.3) is 6.08 Å². The van der Waals surface area contributed by atoms with Crippen LogP contribution in [-0.2, 0) is 14.3 Å². The molecule has 0 aliphatic carbocycles. The zero-order valence-electron chi connectivity index (χ0n) is 15.2. The van der Waals surface area contributed by atoms with E-state index in [0.717, 1.165) is 0 Å². The number of rotatable bonds is 7. The predicted octanol–water partition coefficient (Wildman–Crippen LogP) is 3.43. The van der Waals surface area contributed by atoms with E-state index in [9.17, 15) is 14.0 Å². The van der Waals surface area contributed by atoms with Gasteiger partial charge in [0.2, 0.25) is 0 Å².